The number of hydrogen-bond acceptors (Lipinski definition) is 3. The molecule has 27 heavy (non-hydrogen) atoms. The molecular weight excluding hydrogens is 338 g/mol. The number of rotatable bonds is 7. The standard InChI is InChI=1S/C22H35N3O2/c1-2-17-27-21-9-6-13-25(18-21)22(26)23-20-11-15-24(16-12-20)14-10-19-7-4-3-5-8-19/h3-5,7-8,20-21H,2,6,9-18H2,1H3,(H,23,26)/t21-/m1/s1. The van der Waals surface area contributed by atoms with E-state index < -0.39 is 0 Å². The van der Waals surface area contributed by atoms with Gasteiger partial charge in [-0.2, -0.15) is 0 Å². The fourth-order valence-electron chi connectivity index (χ4n) is 4.04. The van der Waals surface area contributed by atoms with Crippen molar-refractivity contribution < 1.29 is 9.53 Å². The van der Waals surface area contributed by atoms with Crippen LogP contribution in [0.3, 0.4) is 0 Å². The lowest BCUT2D eigenvalue weighted by atomic mass is 10.0. The van der Waals surface area contributed by atoms with Gasteiger partial charge in [-0.15, -0.1) is 0 Å². The second-order valence-electron chi connectivity index (χ2n) is 7.88. The van der Waals surface area contributed by atoms with E-state index in [1.54, 1.807) is 0 Å². The Morgan fingerprint density at radius 2 is 1.93 bits per heavy atom. The maximum Gasteiger partial charge on any atom is 0.317 e. The number of benzene rings is 1. The van der Waals surface area contributed by atoms with Crippen molar-refractivity contribution in [1.29, 1.82) is 0 Å². The number of urea groups is 1. The third-order valence-corrected chi connectivity index (χ3v) is 5.70. The van der Waals surface area contributed by atoms with E-state index in [0.717, 1.165) is 77.9 Å². The molecule has 2 saturated heterocycles. The van der Waals surface area contributed by atoms with Crippen LogP contribution in [-0.2, 0) is 11.2 Å². The Bertz CT molecular complexity index is 558. The van der Waals surface area contributed by atoms with Crippen LogP contribution in [0.25, 0.3) is 0 Å². The molecule has 150 valence electrons. The summed E-state index contributed by atoms with van der Waals surface area (Å²) < 4.78 is 5.85. The van der Waals surface area contributed by atoms with Crippen LogP contribution >= 0.6 is 0 Å². The molecule has 2 fully saturated rings. The topological polar surface area (TPSA) is 44.8 Å². The van der Waals surface area contributed by atoms with Crippen LogP contribution in [-0.4, -0.2) is 67.3 Å². The molecule has 2 amide bonds. The Labute approximate surface area is 164 Å². The van der Waals surface area contributed by atoms with Gasteiger partial charge >= 0.3 is 6.03 Å². The largest absolute Gasteiger partial charge is 0.376 e. The summed E-state index contributed by atoms with van der Waals surface area (Å²) in [6.07, 6.45) is 6.55. The average molecular weight is 374 g/mol. The first-order valence-corrected chi connectivity index (χ1v) is 10.7. The summed E-state index contributed by atoms with van der Waals surface area (Å²) in [6.45, 7) is 7.75. The highest BCUT2D eigenvalue weighted by molar-refractivity contribution is 5.74. The Morgan fingerprint density at radius 1 is 1.15 bits per heavy atom. The van der Waals surface area contributed by atoms with Gasteiger partial charge in [0.25, 0.3) is 0 Å². The van der Waals surface area contributed by atoms with Crippen molar-refractivity contribution in [1.82, 2.24) is 15.1 Å². The average Bonchev–Trinajstić information content (AvgIpc) is 2.72. The van der Waals surface area contributed by atoms with Gasteiger partial charge in [-0.3, -0.25) is 0 Å². The van der Waals surface area contributed by atoms with Gasteiger partial charge in [-0.05, 0) is 44.1 Å². The molecule has 2 aliphatic rings. The number of carbonyl (C=O) groups is 1. The van der Waals surface area contributed by atoms with E-state index in [4.69, 9.17) is 4.74 Å². The fraction of sp³-hybridized carbons (Fsp3) is 0.682. The van der Waals surface area contributed by atoms with Gasteiger partial charge < -0.3 is 19.9 Å². The summed E-state index contributed by atoms with van der Waals surface area (Å²) in [5.41, 5.74) is 1.40. The van der Waals surface area contributed by atoms with Gasteiger partial charge in [-0.1, -0.05) is 37.3 Å². The molecule has 0 saturated carbocycles. The molecule has 1 N–H and O–H groups in total. The number of carbonyl (C=O) groups excluding carboxylic acids is 1. The Kier molecular flexibility index (Phi) is 7.96. The number of piperidine rings is 2. The van der Waals surface area contributed by atoms with Crippen molar-refractivity contribution in [2.24, 2.45) is 0 Å². The predicted octanol–water partition coefficient (Wildman–Crippen LogP) is 3.29. The molecule has 2 heterocycles. The Balaban J connectivity index is 1.35. The van der Waals surface area contributed by atoms with Crippen molar-refractivity contribution in [3.05, 3.63) is 35.9 Å². The second kappa shape index (κ2) is 10.7. The zero-order valence-electron chi connectivity index (χ0n) is 16.7. The predicted molar refractivity (Wildman–Crippen MR) is 109 cm³/mol. The molecular formula is C22H35N3O2. The van der Waals surface area contributed by atoms with E-state index in [0.29, 0.717) is 6.04 Å². The molecule has 1 atom stereocenters. The van der Waals surface area contributed by atoms with Crippen LogP contribution in [0, 0.1) is 0 Å². The maximum absolute atomic E-state index is 12.6. The zero-order chi connectivity index (χ0) is 18.9. The van der Waals surface area contributed by atoms with Gasteiger partial charge in [0.15, 0.2) is 0 Å². The van der Waals surface area contributed by atoms with Crippen molar-refractivity contribution >= 4 is 6.03 Å². The maximum atomic E-state index is 12.6. The molecule has 0 spiro atoms. The van der Waals surface area contributed by atoms with Crippen LogP contribution in [0.15, 0.2) is 30.3 Å². The summed E-state index contributed by atoms with van der Waals surface area (Å²) in [7, 11) is 0. The monoisotopic (exact) mass is 373 g/mol. The number of likely N-dealkylation sites (tertiary alicyclic amines) is 2. The summed E-state index contributed by atoms with van der Waals surface area (Å²) in [6, 6.07) is 11.1. The zero-order valence-corrected chi connectivity index (χ0v) is 16.7. The van der Waals surface area contributed by atoms with Gasteiger partial charge in [-0.25, -0.2) is 4.79 Å². The first kappa shape index (κ1) is 20.2. The van der Waals surface area contributed by atoms with Gasteiger partial charge in [0, 0.05) is 45.4 Å². The molecule has 3 rings (SSSR count). The molecule has 0 radical (unpaired) electrons. The molecule has 0 bridgehead atoms. The lowest BCUT2D eigenvalue weighted by molar-refractivity contribution is 0.00948. The third-order valence-electron chi connectivity index (χ3n) is 5.70. The Morgan fingerprint density at radius 3 is 2.67 bits per heavy atom. The molecule has 0 aliphatic carbocycles. The van der Waals surface area contributed by atoms with E-state index in [2.05, 4.69) is 47.5 Å². The normalized spacial score (nSPS) is 22.0. The van der Waals surface area contributed by atoms with Crippen LogP contribution in [0.4, 0.5) is 4.79 Å². The summed E-state index contributed by atoms with van der Waals surface area (Å²) in [5.74, 6) is 0. The van der Waals surface area contributed by atoms with Crippen LogP contribution < -0.4 is 5.32 Å². The highest BCUT2D eigenvalue weighted by atomic mass is 16.5. The van der Waals surface area contributed by atoms with E-state index >= 15 is 0 Å². The van der Waals surface area contributed by atoms with Crippen molar-refractivity contribution in [3.63, 3.8) is 0 Å². The van der Waals surface area contributed by atoms with Gasteiger partial charge in [0.1, 0.15) is 0 Å². The van der Waals surface area contributed by atoms with Crippen LogP contribution in [0.1, 0.15) is 44.6 Å². The van der Waals surface area contributed by atoms with Crippen molar-refractivity contribution in [2.75, 3.05) is 39.3 Å². The third kappa shape index (κ3) is 6.51. The molecule has 5 nitrogen and oxygen atoms in total. The summed E-state index contributed by atoms with van der Waals surface area (Å²) in [4.78, 5) is 17.1. The van der Waals surface area contributed by atoms with Crippen molar-refractivity contribution in [2.45, 2.75) is 57.6 Å². The minimum atomic E-state index is 0.0996. The summed E-state index contributed by atoms with van der Waals surface area (Å²) >= 11 is 0. The molecule has 1 aromatic carbocycles. The van der Waals surface area contributed by atoms with Crippen LogP contribution in [0.2, 0.25) is 0 Å². The number of ether oxygens (including phenoxy) is 1. The fourth-order valence-corrected chi connectivity index (χ4v) is 4.04. The molecule has 1 aromatic rings. The molecule has 0 aromatic heterocycles. The number of amides is 2. The second-order valence-corrected chi connectivity index (χ2v) is 7.88. The molecule has 0 unspecified atom stereocenters. The first-order chi connectivity index (χ1) is 13.2. The Hall–Kier alpha value is -1.59. The lowest BCUT2D eigenvalue weighted by Gasteiger charge is -2.36. The minimum absolute atomic E-state index is 0.0996. The minimum Gasteiger partial charge on any atom is -0.376 e. The number of hydrogen-bond donors (Lipinski definition) is 1. The molecule has 2 aliphatic heterocycles. The van der Waals surface area contributed by atoms with E-state index in [1.807, 2.05) is 4.90 Å². The quantitative estimate of drug-likeness (QED) is 0.798. The SMILES string of the molecule is CCCO[C@@H]1CCCN(C(=O)NC2CCN(CCc3ccccc3)CC2)C1. The highest BCUT2D eigenvalue weighted by Gasteiger charge is 2.27. The van der Waals surface area contributed by atoms with Crippen LogP contribution in [0.5, 0.6) is 0 Å². The van der Waals surface area contributed by atoms with E-state index in [9.17, 15) is 4.79 Å². The van der Waals surface area contributed by atoms with E-state index in [-0.39, 0.29) is 12.1 Å². The van der Waals surface area contributed by atoms with E-state index in [1.165, 1.54) is 5.56 Å². The van der Waals surface area contributed by atoms with Crippen molar-refractivity contribution in [3.8, 4) is 0 Å². The molecule has 5 heteroatoms. The smallest absolute Gasteiger partial charge is 0.317 e. The number of nitrogens with zero attached hydrogens (tertiary/aromatic N) is 2. The summed E-state index contributed by atoms with van der Waals surface area (Å²) in [5, 5.41) is 3.26. The van der Waals surface area contributed by atoms with Gasteiger partial charge in [0.2, 0.25) is 0 Å². The number of nitrogens with one attached hydrogen (secondary N) is 1. The van der Waals surface area contributed by atoms with Gasteiger partial charge in [0.05, 0.1) is 6.10 Å². The lowest BCUT2D eigenvalue weighted by Crippen LogP contribution is -2.52. The highest BCUT2D eigenvalue weighted by Crippen LogP contribution is 2.16. The first-order valence-electron chi connectivity index (χ1n) is 10.7.